The van der Waals surface area contributed by atoms with Gasteiger partial charge in [0.15, 0.2) is 0 Å². The third-order valence-electron chi connectivity index (χ3n) is 2.86. The summed E-state index contributed by atoms with van der Waals surface area (Å²) in [6, 6.07) is 0.119. The first-order chi connectivity index (χ1) is 8.86. The summed E-state index contributed by atoms with van der Waals surface area (Å²) >= 11 is 0. The van der Waals surface area contributed by atoms with E-state index in [9.17, 15) is 14.9 Å². The molecule has 0 aliphatic rings. The smallest absolute Gasteiger partial charge is 0.294 e. The van der Waals surface area contributed by atoms with Crippen LogP contribution < -0.4 is 5.32 Å². The van der Waals surface area contributed by atoms with Crippen molar-refractivity contribution in [1.29, 1.82) is 0 Å². The molecule has 2 unspecified atom stereocenters. The molecule has 2 atom stereocenters. The second-order valence-electron chi connectivity index (χ2n) is 4.78. The second kappa shape index (κ2) is 9.55. The van der Waals surface area contributed by atoms with Crippen LogP contribution in [0.4, 0.5) is 0 Å². The van der Waals surface area contributed by atoms with Gasteiger partial charge in [-0.25, -0.2) is 0 Å². The van der Waals surface area contributed by atoms with Crippen LogP contribution in [0.15, 0.2) is 0 Å². The van der Waals surface area contributed by atoms with Gasteiger partial charge in [0.25, 0.3) is 5.09 Å². The van der Waals surface area contributed by atoms with E-state index in [-0.39, 0.29) is 31.6 Å². The molecule has 7 nitrogen and oxygen atoms in total. The Bertz CT molecular complexity index is 283. The zero-order valence-corrected chi connectivity index (χ0v) is 12.0. The molecule has 0 rings (SSSR count). The minimum Gasteiger partial charge on any atom is -0.379 e. The predicted octanol–water partition coefficient (Wildman–Crippen LogP) is 1.54. The minimum atomic E-state index is -0.825. The molecule has 0 saturated carbocycles. The highest BCUT2D eigenvalue weighted by Gasteiger charge is 2.13. The molecule has 7 heteroatoms. The molecule has 0 aromatic rings. The Morgan fingerprint density at radius 1 is 1.37 bits per heavy atom. The Balaban J connectivity index is 3.73. The van der Waals surface area contributed by atoms with Crippen LogP contribution in [0.3, 0.4) is 0 Å². The number of ether oxygens (including phenoxy) is 1. The lowest BCUT2D eigenvalue weighted by atomic mass is 10.1. The van der Waals surface area contributed by atoms with Crippen LogP contribution in [0.2, 0.25) is 0 Å². The first kappa shape index (κ1) is 17.6. The van der Waals surface area contributed by atoms with Gasteiger partial charge in [-0.05, 0) is 19.3 Å². The number of hydrogen-bond donors (Lipinski definition) is 1. The van der Waals surface area contributed by atoms with E-state index >= 15 is 0 Å². The molecule has 0 heterocycles. The second-order valence-corrected chi connectivity index (χ2v) is 4.78. The molecule has 112 valence electrons. The quantitative estimate of drug-likeness (QED) is 0.371. The molecule has 1 amide bonds. The van der Waals surface area contributed by atoms with Crippen LogP contribution in [-0.4, -0.2) is 36.4 Å². The molecule has 0 aromatic heterocycles. The van der Waals surface area contributed by atoms with Crippen molar-refractivity contribution in [2.45, 2.75) is 52.7 Å². The Morgan fingerprint density at radius 3 is 2.47 bits per heavy atom. The molecular formula is C12H24N2O5. The fourth-order valence-corrected chi connectivity index (χ4v) is 1.22. The van der Waals surface area contributed by atoms with Crippen molar-refractivity contribution in [2.24, 2.45) is 5.92 Å². The summed E-state index contributed by atoms with van der Waals surface area (Å²) in [7, 11) is 0. The monoisotopic (exact) mass is 276 g/mol. The Kier molecular flexibility index (Phi) is 8.86. The maximum atomic E-state index is 11.5. The lowest BCUT2D eigenvalue weighted by Gasteiger charge is -2.17. The summed E-state index contributed by atoms with van der Waals surface area (Å²) in [5.41, 5.74) is 0. The third kappa shape index (κ3) is 9.24. The van der Waals surface area contributed by atoms with Gasteiger partial charge in [0.05, 0.1) is 13.2 Å². The number of rotatable bonds is 10. The lowest BCUT2D eigenvalue weighted by Crippen LogP contribution is -2.36. The SMILES string of the molecule is CCC(COCCC(=O)NC(C)C(C)C)O[N+](=O)[O-]. The molecule has 0 aromatic carbocycles. The Morgan fingerprint density at radius 2 is 2.00 bits per heavy atom. The molecule has 1 N–H and O–H groups in total. The maximum absolute atomic E-state index is 11.5. The molecule has 0 aliphatic heterocycles. The summed E-state index contributed by atoms with van der Waals surface area (Å²) < 4.78 is 5.21. The summed E-state index contributed by atoms with van der Waals surface area (Å²) in [5, 5.41) is 12.2. The molecule has 0 fully saturated rings. The van der Waals surface area contributed by atoms with E-state index in [1.165, 1.54) is 0 Å². The molecule has 0 saturated heterocycles. The normalized spacial score (nSPS) is 13.9. The Hall–Kier alpha value is -1.37. The zero-order valence-electron chi connectivity index (χ0n) is 12.0. The van der Waals surface area contributed by atoms with Crippen molar-refractivity contribution in [3.8, 4) is 0 Å². The number of hydrogen-bond acceptors (Lipinski definition) is 5. The standard InChI is InChI=1S/C12H24N2O5/c1-5-11(19-14(16)17)8-18-7-6-12(15)13-10(4)9(2)3/h9-11H,5-8H2,1-4H3,(H,13,15). The van der Waals surface area contributed by atoms with Crippen LogP contribution in [0.1, 0.15) is 40.5 Å². The maximum Gasteiger partial charge on any atom is 0.294 e. The lowest BCUT2D eigenvalue weighted by molar-refractivity contribution is -0.769. The van der Waals surface area contributed by atoms with Gasteiger partial charge in [-0.3, -0.25) is 4.79 Å². The number of nitrogens with zero attached hydrogens (tertiary/aromatic N) is 1. The molecule has 0 aliphatic carbocycles. The van der Waals surface area contributed by atoms with E-state index in [1.807, 2.05) is 20.8 Å². The molecular weight excluding hydrogens is 252 g/mol. The molecule has 0 bridgehead atoms. The van der Waals surface area contributed by atoms with Crippen molar-refractivity contribution >= 4 is 5.91 Å². The van der Waals surface area contributed by atoms with Gasteiger partial charge in [-0.1, -0.05) is 20.8 Å². The van der Waals surface area contributed by atoms with Crippen molar-refractivity contribution in [1.82, 2.24) is 5.32 Å². The van der Waals surface area contributed by atoms with Gasteiger partial charge in [-0.2, -0.15) is 0 Å². The van der Waals surface area contributed by atoms with Crippen molar-refractivity contribution in [2.75, 3.05) is 13.2 Å². The van der Waals surface area contributed by atoms with Crippen molar-refractivity contribution < 1.29 is 19.5 Å². The molecule has 0 spiro atoms. The topological polar surface area (TPSA) is 90.7 Å². The van der Waals surface area contributed by atoms with E-state index in [4.69, 9.17) is 4.74 Å². The predicted molar refractivity (Wildman–Crippen MR) is 70.0 cm³/mol. The van der Waals surface area contributed by atoms with Gasteiger partial charge >= 0.3 is 0 Å². The Labute approximate surface area is 113 Å². The molecule has 19 heavy (non-hydrogen) atoms. The van der Waals surface area contributed by atoms with Crippen LogP contribution in [-0.2, 0) is 14.4 Å². The summed E-state index contributed by atoms with van der Waals surface area (Å²) in [5.74, 6) is 0.298. The van der Waals surface area contributed by atoms with Gasteiger partial charge in [0, 0.05) is 12.5 Å². The summed E-state index contributed by atoms with van der Waals surface area (Å²) in [6.45, 7) is 8.12. The first-order valence-corrected chi connectivity index (χ1v) is 6.55. The van der Waals surface area contributed by atoms with Gasteiger partial charge in [0.1, 0.15) is 6.10 Å². The summed E-state index contributed by atoms with van der Waals surface area (Å²) in [6.07, 6.45) is 0.149. The van der Waals surface area contributed by atoms with Crippen LogP contribution in [0.5, 0.6) is 0 Å². The van der Waals surface area contributed by atoms with Crippen molar-refractivity contribution in [3.05, 3.63) is 10.1 Å². The highest BCUT2D eigenvalue weighted by atomic mass is 17.0. The summed E-state index contributed by atoms with van der Waals surface area (Å²) in [4.78, 5) is 26.1. The fraction of sp³-hybridized carbons (Fsp3) is 0.917. The molecule has 0 radical (unpaired) electrons. The van der Waals surface area contributed by atoms with E-state index in [2.05, 4.69) is 10.2 Å². The zero-order chi connectivity index (χ0) is 14.8. The van der Waals surface area contributed by atoms with E-state index in [0.717, 1.165) is 0 Å². The minimum absolute atomic E-state index is 0.0792. The van der Waals surface area contributed by atoms with E-state index in [0.29, 0.717) is 12.3 Å². The van der Waals surface area contributed by atoms with Gasteiger partial charge < -0.3 is 14.9 Å². The highest BCUT2D eigenvalue weighted by Crippen LogP contribution is 2.01. The average molecular weight is 276 g/mol. The highest BCUT2D eigenvalue weighted by molar-refractivity contribution is 5.76. The van der Waals surface area contributed by atoms with Crippen LogP contribution in [0.25, 0.3) is 0 Å². The number of amides is 1. The van der Waals surface area contributed by atoms with E-state index in [1.54, 1.807) is 6.92 Å². The van der Waals surface area contributed by atoms with E-state index < -0.39 is 11.2 Å². The van der Waals surface area contributed by atoms with Crippen molar-refractivity contribution in [3.63, 3.8) is 0 Å². The van der Waals surface area contributed by atoms with Crippen LogP contribution in [0, 0.1) is 16.0 Å². The van der Waals surface area contributed by atoms with Crippen LogP contribution >= 0.6 is 0 Å². The third-order valence-corrected chi connectivity index (χ3v) is 2.86. The number of carbonyl (C=O) groups excluding carboxylic acids is 1. The van der Waals surface area contributed by atoms with Gasteiger partial charge in [0.2, 0.25) is 5.91 Å². The number of nitrogens with one attached hydrogen (secondary N) is 1. The first-order valence-electron chi connectivity index (χ1n) is 6.55. The largest absolute Gasteiger partial charge is 0.379 e. The average Bonchev–Trinajstić information content (AvgIpc) is 2.32. The fourth-order valence-electron chi connectivity index (χ4n) is 1.22. The van der Waals surface area contributed by atoms with Gasteiger partial charge in [-0.15, -0.1) is 10.1 Å². The number of carbonyl (C=O) groups is 1.